The molecular formula is C9H10N2S. The van der Waals surface area contributed by atoms with E-state index in [2.05, 4.69) is 17.3 Å². The smallest absolute Gasteiger partial charge is 0.134 e. The van der Waals surface area contributed by atoms with Crippen molar-refractivity contribution in [1.29, 1.82) is 5.26 Å². The Morgan fingerprint density at radius 1 is 1.67 bits per heavy atom. The lowest BCUT2D eigenvalue weighted by molar-refractivity contribution is 0.862. The highest BCUT2D eigenvalue weighted by Crippen LogP contribution is 2.28. The number of nitrogens with zero attached hydrogens (tertiary/aromatic N) is 2. The lowest BCUT2D eigenvalue weighted by Gasteiger charge is -2.07. The van der Waals surface area contributed by atoms with Gasteiger partial charge in [-0.25, -0.2) is 0 Å². The van der Waals surface area contributed by atoms with Crippen molar-refractivity contribution in [3.05, 3.63) is 30.1 Å². The van der Waals surface area contributed by atoms with Crippen LogP contribution in [0.25, 0.3) is 0 Å². The Balaban J connectivity index is 2.75. The lowest BCUT2D eigenvalue weighted by atomic mass is 10.2. The standard InChI is InChI=1S/C9H10N2S/c1-2-9(12-7-10)8-5-3-4-6-11-8/h3-6,9H,2H2,1H3. The molecule has 1 atom stereocenters. The summed E-state index contributed by atoms with van der Waals surface area (Å²) in [6, 6.07) is 5.79. The van der Waals surface area contributed by atoms with Crippen molar-refractivity contribution in [2.45, 2.75) is 18.6 Å². The molecule has 1 aromatic heterocycles. The summed E-state index contributed by atoms with van der Waals surface area (Å²) in [5.74, 6) is 0. The van der Waals surface area contributed by atoms with Crippen LogP contribution >= 0.6 is 11.8 Å². The molecule has 1 heterocycles. The minimum atomic E-state index is 0.219. The summed E-state index contributed by atoms with van der Waals surface area (Å²) in [5.41, 5.74) is 0.992. The van der Waals surface area contributed by atoms with Gasteiger partial charge in [-0.15, -0.1) is 0 Å². The quantitative estimate of drug-likeness (QED) is 0.668. The Bertz CT molecular complexity index is 266. The molecule has 0 bridgehead atoms. The highest BCUT2D eigenvalue weighted by molar-refractivity contribution is 8.03. The van der Waals surface area contributed by atoms with Gasteiger partial charge in [0, 0.05) is 6.20 Å². The van der Waals surface area contributed by atoms with Gasteiger partial charge in [0.1, 0.15) is 5.40 Å². The van der Waals surface area contributed by atoms with Crippen LogP contribution in [-0.4, -0.2) is 4.98 Å². The molecule has 1 rings (SSSR count). The van der Waals surface area contributed by atoms with Crippen LogP contribution in [0.4, 0.5) is 0 Å². The number of thioether (sulfide) groups is 1. The molecule has 1 aromatic rings. The molecule has 0 saturated carbocycles. The van der Waals surface area contributed by atoms with E-state index in [-0.39, 0.29) is 5.25 Å². The predicted octanol–water partition coefficient (Wildman–Crippen LogP) is 2.75. The van der Waals surface area contributed by atoms with Gasteiger partial charge in [-0.1, -0.05) is 13.0 Å². The van der Waals surface area contributed by atoms with Crippen LogP contribution in [0, 0.1) is 10.7 Å². The van der Waals surface area contributed by atoms with Gasteiger partial charge in [0.15, 0.2) is 0 Å². The number of nitriles is 1. The van der Waals surface area contributed by atoms with Crippen LogP contribution in [0.5, 0.6) is 0 Å². The first-order valence-electron chi connectivity index (χ1n) is 3.84. The van der Waals surface area contributed by atoms with Gasteiger partial charge in [-0.3, -0.25) is 4.98 Å². The Kier molecular flexibility index (Phi) is 3.62. The van der Waals surface area contributed by atoms with Gasteiger partial charge < -0.3 is 0 Å². The molecular weight excluding hydrogens is 168 g/mol. The SMILES string of the molecule is CCC(SC#N)c1ccccn1. The molecule has 0 aliphatic carbocycles. The zero-order valence-corrected chi connectivity index (χ0v) is 7.71. The van der Waals surface area contributed by atoms with E-state index in [0.717, 1.165) is 12.1 Å². The number of pyridine rings is 1. The molecule has 0 aromatic carbocycles. The van der Waals surface area contributed by atoms with Crippen molar-refractivity contribution in [2.75, 3.05) is 0 Å². The van der Waals surface area contributed by atoms with Crippen molar-refractivity contribution in [3.63, 3.8) is 0 Å². The maximum atomic E-state index is 8.51. The monoisotopic (exact) mass is 178 g/mol. The second-order valence-corrected chi connectivity index (χ2v) is 3.35. The van der Waals surface area contributed by atoms with Crippen LogP contribution in [0.3, 0.4) is 0 Å². The first-order chi connectivity index (χ1) is 5.88. The summed E-state index contributed by atoms with van der Waals surface area (Å²) in [4.78, 5) is 4.20. The third-order valence-corrected chi connectivity index (χ3v) is 2.55. The Morgan fingerprint density at radius 3 is 3.00 bits per heavy atom. The van der Waals surface area contributed by atoms with Crippen molar-refractivity contribution in [3.8, 4) is 5.40 Å². The van der Waals surface area contributed by atoms with E-state index in [0.29, 0.717) is 0 Å². The van der Waals surface area contributed by atoms with E-state index in [1.807, 2.05) is 18.2 Å². The van der Waals surface area contributed by atoms with Crippen molar-refractivity contribution < 1.29 is 0 Å². The van der Waals surface area contributed by atoms with Gasteiger partial charge in [0.25, 0.3) is 0 Å². The average Bonchev–Trinajstić information content (AvgIpc) is 2.15. The third kappa shape index (κ3) is 2.24. The van der Waals surface area contributed by atoms with Gasteiger partial charge >= 0.3 is 0 Å². The van der Waals surface area contributed by atoms with Crippen LogP contribution in [0.1, 0.15) is 24.3 Å². The molecule has 0 fully saturated rings. The second-order valence-electron chi connectivity index (χ2n) is 2.36. The molecule has 12 heavy (non-hydrogen) atoms. The first kappa shape index (κ1) is 9.08. The maximum absolute atomic E-state index is 8.51. The zero-order valence-electron chi connectivity index (χ0n) is 6.90. The van der Waals surface area contributed by atoms with E-state index < -0.39 is 0 Å². The molecule has 0 N–H and O–H groups in total. The van der Waals surface area contributed by atoms with Gasteiger partial charge in [0.2, 0.25) is 0 Å². The minimum absolute atomic E-state index is 0.219. The minimum Gasteiger partial charge on any atom is -0.260 e. The number of hydrogen-bond acceptors (Lipinski definition) is 3. The second kappa shape index (κ2) is 4.78. The van der Waals surface area contributed by atoms with Crippen molar-refractivity contribution in [2.24, 2.45) is 0 Å². The summed E-state index contributed by atoms with van der Waals surface area (Å²) in [6.07, 6.45) is 2.70. The molecule has 0 aliphatic rings. The summed E-state index contributed by atoms with van der Waals surface area (Å²) in [7, 11) is 0. The molecule has 0 saturated heterocycles. The van der Waals surface area contributed by atoms with Gasteiger partial charge in [-0.05, 0) is 30.3 Å². The lowest BCUT2D eigenvalue weighted by Crippen LogP contribution is -1.93. The molecule has 1 unspecified atom stereocenters. The fourth-order valence-electron chi connectivity index (χ4n) is 0.983. The molecule has 0 amide bonds. The predicted molar refractivity (Wildman–Crippen MR) is 50.5 cm³/mol. The molecule has 62 valence electrons. The number of aromatic nitrogens is 1. The third-order valence-electron chi connectivity index (χ3n) is 1.58. The van der Waals surface area contributed by atoms with E-state index in [4.69, 9.17) is 5.26 Å². The highest BCUT2D eigenvalue weighted by Gasteiger charge is 2.09. The van der Waals surface area contributed by atoms with E-state index >= 15 is 0 Å². The summed E-state index contributed by atoms with van der Waals surface area (Å²) < 4.78 is 0. The largest absolute Gasteiger partial charge is 0.260 e. The first-order valence-corrected chi connectivity index (χ1v) is 4.72. The van der Waals surface area contributed by atoms with Crippen LogP contribution in [0.2, 0.25) is 0 Å². The van der Waals surface area contributed by atoms with Crippen molar-refractivity contribution in [1.82, 2.24) is 4.98 Å². The van der Waals surface area contributed by atoms with Crippen LogP contribution in [-0.2, 0) is 0 Å². The van der Waals surface area contributed by atoms with E-state index in [9.17, 15) is 0 Å². The number of thiocyanates is 1. The summed E-state index contributed by atoms with van der Waals surface area (Å²) >= 11 is 1.27. The average molecular weight is 178 g/mol. The van der Waals surface area contributed by atoms with E-state index in [1.165, 1.54) is 11.8 Å². The van der Waals surface area contributed by atoms with Crippen LogP contribution in [0.15, 0.2) is 24.4 Å². The number of rotatable bonds is 3. The zero-order chi connectivity index (χ0) is 8.81. The molecule has 0 aliphatic heterocycles. The topological polar surface area (TPSA) is 36.7 Å². The molecule has 0 radical (unpaired) electrons. The Hall–Kier alpha value is -1.01. The van der Waals surface area contributed by atoms with Crippen molar-refractivity contribution >= 4 is 11.8 Å². The summed E-state index contributed by atoms with van der Waals surface area (Å²) in [5, 5.41) is 10.8. The molecule has 0 spiro atoms. The van der Waals surface area contributed by atoms with Gasteiger partial charge in [0.05, 0.1) is 10.9 Å². The molecule has 3 heteroatoms. The van der Waals surface area contributed by atoms with Gasteiger partial charge in [-0.2, -0.15) is 5.26 Å². The Morgan fingerprint density at radius 2 is 2.50 bits per heavy atom. The fraction of sp³-hybridized carbons (Fsp3) is 0.333. The van der Waals surface area contributed by atoms with Crippen LogP contribution < -0.4 is 0 Å². The maximum Gasteiger partial charge on any atom is 0.134 e. The van der Waals surface area contributed by atoms with E-state index in [1.54, 1.807) is 6.20 Å². The number of hydrogen-bond donors (Lipinski definition) is 0. The summed E-state index contributed by atoms with van der Waals surface area (Å²) in [6.45, 7) is 2.06. The highest BCUT2D eigenvalue weighted by atomic mass is 32.2. The Labute approximate surface area is 76.6 Å². The fourth-order valence-corrected chi connectivity index (χ4v) is 1.54. The molecule has 2 nitrogen and oxygen atoms in total. The normalized spacial score (nSPS) is 12.0.